The predicted molar refractivity (Wildman–Crippen MR) is 124 cm³/mol. The summed E-state index contributed by atoms with van der Waals surface area (Å²) >= 11 is 6.60. The number of urea groups is 1. The maximum atomic E-state index is 12.2. The molecule has 1 aromatic heterocycles. The average molecular weight is 493 g/mol. The van der Waals surface area contributed by atoms with Crippen LogP contribution in [0.5, 0.6) is 5.75 Å². The summed E-state index contributed by atoms with van der Waals surface area (Å²) in [6.45, 7) is 0. The van der Waals surface area contributed by atoms with Gasteiger partial charge in [-0.15, -0.1) is 11.3 Å². The molecule has 1 aliphatic heterocycles. The number of amides is 2. The summed E-state index contributed by atoms with van der Waals surface area (Å²) in [5, 5.41) is 13.2. The van der Waals surface area contributed by atoms with Crippen molar-refractivity contribution in [1.82, 2.24) is 4.72 Å². The third kappa shape index (κ3) is 4.55. The van der Waals surface area contributed by atoms with Gasteiger partial charge >= 0.3 is 6.03 Å². The first-order valence-electron chi connectivity index (χ1n) is 9.14. The maximum absolute atomic E-state index is 12.2. The zero-order valence-electron chi connectivity index (χ0n) is 16.5. The van der Waals surface area contributed by atoms with Crippen molar-refractivity contribution in [3.63, 3.8) is 0 Å². The van der Waals surface area contributed by atoms with Crippen LogP contribution in [0.1, 0.15) is 11.8 Å². The number of benzene rings is 2. The van der Waals surface area contributed by atoms with E-state index >= 15 is 0 Å². The molecule has 0 bridgehead atoms. The van der Waals surface area contributed by atoms with E-state index in [-0.39, 0.29) is 4.21 Å². The molecule has 0 spiro atoms. The number of halogens is 1. The largest absolute Gasteiger partial charge is 0.497 e. The molecule has 9 nitrogen and oxygen atoms in total. The Bertz CT molecular complexity index is 1290. The number of sulfonamides is 1. The minimum absolute atomic E-state index is 0.0664. The van der Waals surface area contributed by atoms with Gasteiger partial charge in [0.1, 0.15) is 9.96 Å². The van der Waals surface area contributed by atoms with Gasteiger partial charge < -0.3 is 20.1 Å². The Kier molecular flexibility index (Phi) is 6.07. The van der Waals surface area contributed by atoms with Gasteiger partial charge in [0.2, 0.25) is 0 Å². The van der Waals surface area contributed by atoms with E-state index < -0.39 is 22.3 Å². The summed E-state index contributed by atoms with van der Waals surface area (Å²) in [6, 6.07) is 13.5. The number of aliphatic hydroxyl groups is 1. The van der Waals surface area contributed by atoms with Gasteiger partial charge in [0.15, 0.2) is 6.23 Å². The van der Waals surface area contributed by atoms with Crippen LogP contribution >= 0.6 is 22.9 Å². The highest BCUT2D eigenvalue weighted by molar-refractivity contribution is 7.92. The van der Waals surface area contributed by atoms with E-state index in [2.05, 4.69) is 10.3 Å². The molecule has 3 N–H and O–H groups in total. The minimum atomic E-state index is -4.02. The highest BCUT2D eigenvalue weighted by Gasteiger charge is 2.24. The van der Waals surface area contributed by atoms with E-state index in [1.807, 2.05) is 4.72 Å². The molecule has 1 unspecified atom stereocenters. The molecule has 4 rings (SSSR count). The van der Waals surface area contributed by atoms with Crippen LogP contribution in [0.4, 0.5) is 21.9 Å². The lowest BCUT2D eigenvalue weighted by molar-refractivity contribution is 0.187. The van der Waals surface area contributed by atoms with E-state index in [1.54, 1.807) is 54.5 Å². The van der Waals surface area contributed by atoms with Crippen LogP contribution in [0.2, 0.25) is 4.34 Å². The van der Waals surface area contributed by atoms with Gasteiger partial charge in [0.05, 0.1) is 23.5 Å². The van der Waals surface area contributed by atoms with E-state index in [0.29, 0.717) is 32.7 Å². The van der Waals surface area contributed by atoms with Crippen LogP contribution in [-0.4, -0.2) is 33.0 Å². The Morgan fingerprint density at radius 1 is 1.19 bits per heavy atom. The molecule has 3 aromatic rings. The van der Waals surface area contributed by atoms with Crippen molar-refractivity contribution in [3.05, 3.63) is 64.5 Å². The summed E-state index contributed by atoms with van der Waals surface area (Å²) in [7, 11) is -2.48. The topological polar surface area (TPSA) is 120 Å². The molecule has 0 saturated heterocycles. The van der Waals surface area contributed by atoms with Crippen molar-refractivity contribution in [2.24, 2.45) is 4.99 Å². The van der Waals surface area contributed by atoms with Gasteiger partial charge in [-0.05, 0) is 54.6 Å². The second-order valence-electron chi connectivity index (χ2n) is 6.62. The number of aliphatic imine (C=N–C) groups is 1. The SMILES string of the molecule is COc1ccc2c(c1)C(O)N(c1ccc(NC(=O)NS(=O)(=O)c3ccc(Cl)s3)cc1)C=N2. The van der Waals surface area contributed by atoms with Crippen LogP contribution in [0, 0.1) is 0 Å². The maximum Gasteiger partial charge on any atom is 0.333 e. The number of hydrogen-bond acceptors (Lipinski definition) is 8. The summed E-state index contributed by atoms with van der Waals surface area (Å²) in [5.41, 5.74) is 2.20. The lowest BCUT2D eigenvalue weighted by Gasteiger charge is -2.30. The monoisotopic (exact) mass is 492 g/mol. The van der Waals surface area contributed by atoms with Gasteiger partial charge in [-0.1, -0.05) is 11.6 Å². The lowest BCUT2D eigenvalue weighted by atomic mass is 10.1. The van der Waals surface area contributed by atoms with Crippen LogP contribution < -0.4 is 19.7 Å². The van der Waals surface area contributed by atoms with Gasteiger partial charge in [0, 0.05) is 16.9 Å². The predicted octanol–water partition coefficient (Wildman–Crippen LogP) is 4.09. The molecular formula is C20H17ClN4O5S2. The Morgan fingerprint density at radius 2 is 1.94 bits per heavy atom. The molecule has 0 saturated carbocycles. The van der Waals surface area contributed by atoms with E-state index in [9.17, 15) is 18.3 Å². The molecule has 12 heteroatoms. The number of carbonyl (C=O) groups excluding carboxylic acids is 1. The fourth-order valence-electron chi connectivity index (χ4n) is 3.02. The second-order valence-corrected chi connectivity index (χ2v) is 10.2. The van der Waals surface area contributed by atoms with Crippen LogP contribution in [0.25, 0.3) is 0 Å². The van der Waals surface area contributed by atoms with Gasteiger partial charge in [0.25, 0.3) is 10.0 Å². The Hall–Kier alpha value is -3.12. The molecular weight excluding hydrogens is 476 g/mol. The Balaban J connectivity index is 1.45. The van der Waals surface area contributed by atoms with Gasteiger partial charge in [-0.3, -0.25) is 0 Å². The average Bonchev–Trinajstić information content (AvgIpc) is 3.21. The normalized spacial score (nSPS) is 15.2. The summed E-state index contributed by atoms with van der Waals surface area (Å²) in [5.74, 6) is 0.602. The molecule has 1 aliphatic rings. The van der Waals surface area contributed by atoms with Crippen LogP contribution in [-0.2, 0) is 10.0 Å². The fraction of sp³-hybridized carbons (Fsp3) is 0.100. The zero-order chi connectivity index (χ0) is 22.9. The zero-order valence-corrected chi connectivity index (χ0v) is 18.9. The molecule has 0 fully saturated rings. The molecule has 1 atom stereocenters. The van der Waals surface area contributed by atoms with E-state index in [4.69, 9.17) is 16.3 Å². The molecule has 0 aliphatic carbocycles. The molecule has 2 aromatic carbocycles. The molecule has 2 heterocycles. The second kappa shape index (κ2) is 8.79. The number of nitrogens with one attached hydrogen (secondary N) is 2. The van der Waals surface area contributed by atoms with Crippen molar-refractivity contribution in [2.75, 3.05) is 17.3 Å². The number of fused-ring (bicyclic) bond motifs is 1. The quantitative estimate of drug-likeness (QED) is 0.493. The van der Waals surface area contributed by atoms with Crippen molar-refractivity contribution in [2.45, 2.75) is 10.4 Å². The number of carbonyl (C=O) groups is 1. The smallest absolute Gasteiger partial charge is 0.333 e. The first-order chi connectivity index (χ1) is 15.3. The summed E-state index contributed by atoms with van der Waals surface area (Å²) in [6.07, 6.45) is 0.523. The number of hydrogen-bond donors (Lipinski definition) is 3. The van der Waals surface area contributed by atoms with E-state index in [0.717, 1.165) is 11.3 Å². The van der Waals surface area contributed by atoms with Crippen molar-refractivity contribution < 1.29 is 23.1 Å². The number of rotatable bonds is 5. The first kappa shape index (κ1) is 22.1. The summed E-state index contributed by atoms with van der Waals surface area (Å²) in [4.78, 5) is 18.0. The van der Waals surface area contributed by atoms with Crippen molar-refractivity contribution in [1.29, 1.82) is 0 Å². The Morgan fingerprint density at radius 3 is 2.59 bits per heavy atom. The van der Waals surface area contributed by atoms with Crippen molar-refractivity contribution >= 4 is 62.4 Å². The van der Waals surface area contributed by atoms with Crippen molar-refractivity contribution in [3.8, 4) is 5.75 Å². The Labute approximate surface area is 193 Å². The number of aliphatic hydroxyl groups excluding tert-OH is 1. The molecule has 0 radical (unpaired) electrons. The number of nitrogens with zero attached hydrogens (tertiary/aromatic N) is 2. The third-order valence-corrected chi connectivity index (χ3v) is 7.62. The fourth-order valence-corrected chi connectivity index (χ4v) is 5.41. The van der Waals surface area contributed by atoms with Crippen LogP contribution in [0.15, 0.2) is 63.8 Å². The lowest BCUT2D eigenvalue weighted by Crippen LogP contribution is -2.34. The minimum Gasteiger partial charge on any atom is -0.497 e. The number of methoxy groups -OCH3 is 1. The van der Waals surface area contributed by atoms with E-state index in [1.165, 1.54) is 18.5 Å². The number of anilines is 2. The van der Waals surface area contributed by atoms with Gasteiger partial charge in [-0.2, -0.15) is 0 Å². The molecule has 166 valence electrons. The summed E-state index contributed by atoms with van der Waals surface area (Å²) < 4.78 is 31.8. The van der Waals surface area contributed by atoms with Crippen LogP contribution in [0.3, 0.4) is 0 Å². The highest BCUT2D eigenvalue weighted by Crippen LogP contribution is 2.36. The molecule has 32 heavy (non-hydrogen) atoms. The highest BCUT2D eigenvalue weighted by atomic mass is 35.5. The molecule has 2 amide bonds. The van der Waals surface area contributed by atoms with Gasteiger partial charge in [-0.25, -0.2) is 22.9 Å². The third-order valence-electron chi connectivity index (χ3n) is 4.56. The number of ether oxygens (including phenoxy) is 1. The number of thiophene rings is 1. The first-order valence-corrected chi connectivity index (χ1v) is 11.8. The standard InChI is InChI=1S/C20H17ClN4O5S2/c1-30-14-6-7-16-15(10-14)19(26)25(11-22-16)13-4-2-12(3-5-13)23-20(27)24-32(28,29)18-9-8-17(21)31-18/h2-11,19,26H,1H3,(H2,23,24,27).